The third-order valence-corrected chi connectivity index (χ3v) is 3.60. The second-order valence-electron chi connectivity index (χ2n) is 4.87. The molecule has 2 N–H and O–H groups in total. The molecule has 1 atom stereocenters. The first-order valence-corrected chi connectivity index (χ1v) is 6.70. The first kappa shape index (κ1) is 17.9. The molecule has 0 aliphatic carbocycles. The molecule has 0 bridgehead atoms. The molecule has 2 rings (SSSR count). The number of likely N-dealkylation sites (tertiary alicyclic amines) is 1. The van der Waals surface area contributed by atoms with E-state index in [1.54, 1.807) is 12.1 Å². The second-order valence-corrected chi connectivity index (χ2v) is 4.87. The van der Waals surface area contributed by atoms with E-state index in [1.807, 2.05) is 0 Å². The van der Waals surface area contributed by atoms with Gasteiger partial charge in [0.25, 0.3) is 0 Å². The molecule has 1 heterocycles. The Morgan fingerprint density at radius 2 is 2.14 bits per heavy atom. The Kier molecular flexibility index (Phi) is 7.14. The molecule has 0 aromatic heterocycles. The van der Waals surface area contributed by atoms with Crippen molar-refractivity contribution in [3.8, 4) is 11.5 Å². The van der Waals surface area contributed by atoms with E-state index in [0.717, 1.165) is 31.5 Å². The molecule has 1 fully saturated rings. The molecule has 1 saturated heterocycles. The topological polar surface area (TPSA) is 47.7 Å². The number of nitrogens with two attached hydrogens (primary N) is 1. The Labute approximate surface area is 129 Å². The lowest BCUT2D eigenvalue weighted by Crippen LogP contribution is -2.34. The molecule has 0 amide bonds. The number of ether oxygens (including phenoxy) is 2. The highest BCUT2D eigenvalue weighted by molar-refractivity contribution is 5.85. The summed E-state index contributed by atoms with van der Waals surface area (Å²) in [4.78, 5) is 2.31. The highest BCUT2D eigenvalue weighted by atomic mass is 35.5. The van der Waals surface area contributed by atoms with E-state index in [1.165, 1.54) is 13.2 Å². The summed E-state index contributed by atoms with van der Waals surface area (Å²) in [6.45, 7) is -0.453. The molecule has 0 spiro atoms. The van der Waals surface area contributed by atoms with Crippen LogP contribution >= 0.6 is 12.4 Å². The number of hydrogen-bond acceptors (Lipinski definition) is 4. The molecule has 0 saturated carbocycles. The highest BCUT2D eigenvalue weighted by Gasteiger charge is 2.23. The van der Waals surface area contributed by atoms with Gasteiger partial charge in [-0.15, -0.1) is 12.4 Å². The number of nitrogens with zero attached hydrogens (tertiary/aromatic N) is 1. The number of methoxy groups -OCH3 is 1. The van der Waals surface area contributed by atoms with Crippen LogP contribution in [0.2, 0.25) is 0 Å². The monoisotopic (exact) mass is 322 g/mol. The fraction of sp³-hybridized carbons (Fsp3) is 0.571. The summed E-state index contributed by atoms with van der Waals surface area (Å²) in [7, 11) is 1.44. The van der Waals surface area contributed by atoms with E-state index in [0.29, 0.717) is 18.3 Å². The van der Waals surface area contributed by atoms with Gasteiger partial charge in [0.05, 0.1) is 7.11 Å². The number of alkyl halides is 2. The normalized spacial score (nSPS) is 18.6. The molecule has 4 nitrogen and oxygen atoms in total. The Morgan fingerprint density at radius 3 is 2.76 bits per heavy atom. The van der Waals surface area contributed by atoms with Crippen LogP contribution in [-0.2, 0) is 6.54 Å². The Hall–Kier alpha value is -1.11. The first-order chi connectivity index (χ1) is 9.63. The SMILES string of the molecule is COc1cc(CN2CCCC2CN)ccc1OC(F)F.Cl. The summed E-state index contributed by atoms with van der Waals surface area (Å²) in [6, 6.07) is 5.45. The molecule has 120 valence electrons. The van der Waals surface area contributed by atoms with Crippen LogP contribution in [0.15, 0.2) is 18.2 Å². The van der Waals surface area contributed by atoms with Gasteiger partial charge in [-0.25, -0.2) is 0 Å². The van der Waals surface area contributed by atoms with Crippen molar-refractivity contribution in [1.82, 2.24) is 4.90 Å². The average molecular weight is 323 g/mol. The van der Waals surface area contributed by atoms with Gasteiger partial charge in [-0.3, -0.25) is 4.90 Å². The highest BCUT2D eigenvalue weighted by Crippen LogP contribution is 2.30. The van der Waals surface area contributed by atoms with Gasteiger partial charge in [0, 0.05) is 19.1 Å². The summed E-state index contributed by atoms with van der Waals surface area (Å²) < 4.78 is 34.0. The zero-order valence-electron chi connectivity index (χ0n) is 11.9. The van der Waals surface area contributed by atoms with Gasteiger partial charge in [0.15, 0.2) is 11.5 Å². The minimum atomic E-state index is -2.85. The van der Waals surface area contributed by atoms with Crippen molar-refractivity contribution >= 4 is 12.4 Å². The van der Waals surface area contributed by atoms with Gasteiger partial charge < -0.3 is 15.2 Å². The number of benzene rings is 1. The van der Waals surface area contributed by atoms with Crippen LogP contribution in [0.4, 0.5) is 8.78 Å². The Bertz CT molecular complexity index is 449. The van der Waals surface area contributed by atoms with Crippen molar-refractivity contribution in [3.05, 3.63) is 23.8 Å². The lowest BCUT2D eigenvalue weighted by atomic mass is 10.1. The third kappa shape index (κ3) is 4.69. The lowest BCUT2D eigenvalue weighted by molar-refractivity contribution is -0.0512. The zero-order chi connectivity index (χ0) is 14.5. The summed E-state index contributed by atoms with van der Waals surface area (Å²) in [5.74, 6) is 0.384. The lowest BCUT2D eigenvalue weighted by Gasteiger charge is -2.23. The van der Waals surface area contributed by atoms with Gasteiger partial charge in [-0.1, -0.05) is 6.07 Å². The minimum absolute atomic E-state index is 0. The zero-order valence-corrected chi connectivity index (χ0v) is 12.7. The van der Waals surface area contributed by atoms with Crippen molar-refractivity contribution < 1.29 is 18.3 Å². The quantitative estimate of drug-likeness (QED) is 0.874. The molecule has 1 unspecified atom stereocenters. The van der Waals surface area contributed by atoms with E-state index in [9.17, 15) is 8.78 Å². The number of halogens is 3. The maximum Gasteiger partial charge on any atom is 0.387 e. The van der Waals surface area contributed by atoms with Crippen LogP contribution in [0.3, 0.4) is 0 Å². The molecule has 1 aliphatic heterocycles. The first-order valence-electron chi connectivity index (χ1n) is 6.70. The maximum atomic E-state index is 12.3. The number of hydrogen-bond donors (Lipinski definition) is 1. The van der Waals surface area contributed by atoms with Crippen LogP contribution < -0.4 is 15.2 Å². The third-order valence-electron chi connectivity index (χ3n) is 3.60. The van der Waals surface area contributed by atoms with Crippen molar-refractivity contribution in [2.45, 2.75) is 32.0 Å². The van der Waals surface area contributed by atoms with Crippen molar-refractivity contribution in [3.63, 3.8) is 0 Å². The van der Waals surface area contributed by atoms with Crippen LogP contribution in [-0.4, -0.2) is 37.8 Å². The molecular formula is C14H21ClF2N2O2. The average Bonchev–Trinajstić information content (AvgIpc) is 2.87. The van der Waals surface area contributed by atoms with E-state index in [-0.39, 0.29) is 18.2 Å². The molecule has 21 heavy (non-hydrogen) atoms. The molecule has 0 radical (unpaired) electrons. The molecule has 1 aromatic rings. The summed E-state index contributed by atoms with van der Waals surface area (Å²) in [5.41, 5.74) is 6.75. The van der Waals surface area contributed by atoms with Gasteiger partial charge in [-0.05, 0) is 37.1 Å². The fourth-order valence-electron chi connectivity index (χ4n) is 2.61. The largest absolute Gasteiger partial charge is 0.493 e. The van der Waals surface area contributed by atoms with Gasteiger partial charge in [-0.2, -0.15) is 8.78 Å². The van der Waals surface area contributed by atoms with Crippen molar-refractivity contribution in [2.24, 2.45) is 5.73 Å². The van der Waals surface area contributed by atoms with Crippen molar-refractivity contribution in [1.29, 1.82) is 0 Å². The summed E-state index contributed by atoms with van der Waals surface area (Å²) >= 11 is 0. The molecule has 7 heteroatoms. The van der Waals surface area contributed by atoms with Gasteiger partial charge in [0.1, 0.15) is 0 Å². The van der Waals surface area contributed by atoms with Crippen LogP contribution in [0.25, 0.3) is 0 Å². The predicted molar refractivity (Wildman–Crippen MR) is 79.4 cm³/mol. The van der Waals surface area contributed by atoms with Crippen LogP contribution in [0.1, 0.15) is 18.4 Å². The van der Waals surface area contributed by atoms with Gasteiger partial charge >= 0.3 is 6.61 Å². The van der Waals surface area contributed by atoms with E-state index in [4.69, 9.17) is 10.5 Å². The minimum Gasteiger partial charge on any atom is -0.493 e. The van der Waals surface area contributed by atoms with E-state index >= 15 is 0 Å². The smallest absolute Gasteiger partial charge is 0.387 e. The Morgan fingerprint density at radius 1 is 1.38 bits per heavy atom. The molecular weight excluding hydrogens is 302 g/mol. The van der Waals surface area contributed by atoms with Crippen molar-refractivity contribution in [2.75, 3.05) is 20.2 Å². The standard InChI is InChI=1S/C14H20F2N2O2.ClH/c1-19-13-7-10(4-5-12(13)20-14(15)16)9-18-6-2-3-11(18)8-17;/h4-5,7,11,14H,2-3,6,8-9,17H2,1H3;1H. The summed E-state index contributed by atoms with van der Waals surface area (Å²) in [5, 5.41) is 0. The van der Waals surface area contributed by atoms with E-state index in [2.05, 4.69) is 9.64 Å². The molecule has 1 aliphatic rings. The van der Waals surface area contributed by atoms with Crippen LogP contribution in [0.5, 0.6) is 11.5 Å². The number of rotatable bonds is 6. The Balaban J connectivity index is 0.00000220. The maximum absolute atomic E-state index is 12.3. The van der Waals surface area contributed by atoms with Crippen LogP contribution in [0, 0.1) is 0 Å². The fourth-order valence-corrected chi connectivity index (χ4v) is 2.61. The summed E-state index contributed by atoms with van der Waals surface area (Å²) in [6.07, 6.45) is 2.26. The predicted octanol–water partition coefficient (Wildman–Crippen LogP) is 2.64. The second kappa shape index (κ2) is 8.36. The van der Waals surface area contributed by atoms with Gasteiger partial charge in [0.2, 0.25) is 0 Å². The molecule has 1 aromatic carbocycles. The van der Waals surface area contributed by atoms with E-state index < -0.39 is 6.61 Å².